The fraction of sp³-hybridized carbons (Fsp3) is 0.154. The number of anilines is 1. The third-order valence-electron chi connectivity index (χ3n) is 2.78. The summed E-state index contributed by atoms with van der Waals surface area (Å²) in [4.78, 5) is 8.48. The molecule has 0 amide bonds. The lowest BCUT2D eigenvalue weighted by molar-refractivity contribution is 0.379. The van der Waals surface area contributed by atoms with Crippen LogP contribution in [0.15, 0.2) is 28.1 Å². The Kier molecular flexibility index (Phi) is 4.10. The van der Waals surface area contributed by atoms with E-state index in [2.05, 4.69) is 15.1 Å². The van der Waals surface area contributed by atoms with Gasteiger partial charge in [0.25, 0.3) is 0 Å². The first-order valence-electron chi connectivity index (χ1n) is 6.05. The molecule has 0 aliphatic carbocycles. The van der Waals surface area contributed by atoms with Crippen molar-refractivity contribution in [3.05, 3.63) is 56.6 Å². The van der Waals surface area contributed by atoms with Crippen LogP contribution in [0.4, 0.5) is 5.13 Å². The van der Waals surface area contributed by atoms with Gasteiger partial charge in [-0.1, -0.05) is 34.4 Å². The van der Waals surface area contributed by atoms with Gasteiger partial charge in [0.15, 0.2) is 11.0 Å². The normalized spacial score (nSPS) is 11.0. The molecular formula is C13H10Cl2N4OS. The summed E-state index contributed by atoms with van der Waals surface area (Å²) < 4.78 is 5.21. The van der Waals surface area contributed by atoms with E-state index in [0.717, 1.165) is 11.3 Å². The second-order valence-electron chi connectivity index (χ2n) is 4.37. The number of aromatic nitrogens is 3. The minimum atomic E-state index is 0.467. The SMILES string of the molecule is Nc1nc(Cc2nc(Cc3ccc(Cl)cc3Cl)no2)cs1. The number of benzene rings is 1. The summed E-state index contributed by atoms with van der Waals surface area (Å²) in [6, 6.07) is 5.32. The van der Waals surface area contributed by atoms with Crippen molar-refractivity contribution in [1.29, 1.82) is 0 Å². The number of hydrogen-bond donors (Lipinski definition) is 1. The molecule has 3 aromatic rings. The lowest BCUT2D eigenvalue weighted by Gasteiger charge is -2.00. The van der Waals surface area contributed by atoms with Crippen molar-refractivity contribution in [2.75, 3.05) is 5.73 Å². The van der Waals surface area contributed by atoms with E-state index in [-0.39, 0.29) is 0 Å². The molecule has 0 radical (unpaired) electrons. The topological polar surface area (TPSA) is 77.8 Å². The summed E-state index contributed by atoms with van der Waals surface area (Å²) in [6.45, 7) is 0. The average molecular weight is 341 g/mol. The van der Waals surface area contributed by atoms with Crippen LogP contribution in [-0.2, 0) is 12.8 Å². The van der Waals surface area contributed by atoms with Crippen LogP contribution in [0.5, 0.6) is 0 Å². The molecule has 2 aromatic heterocycles. The van der Waals surface area contributed by atoms with Crippen LogP contribution in [0.1, 0.15) is 23.0 Å². The molecule has 2 N–H and O–H groups in total. The molecule has 0 aliphatic rings. The molecule has 21 heavy (non-hydrogen) atoms. The summed E-state index contributed by atoms with van der Waals surface area (Å²) in [5.41, 5.74) is 7.30. The Morgan fingerprint density at radius 3 is 2.76 bits per heavy atom. The molecule has 3 rings (SSSR count). The van der Waals surface area contributed by atoms with Crippen LogP contribution in [0.3, 0.4) is 0 Å². The van der Waals surface area contributed by atoms with Gasteiger partial charge in [-0.3, -0.25) is 0 Å². The molecule has 0 saturated heterocycles. The summed E-state index contributed by atoms with van der Waals surface area (Å²) in [7, 11) is 0. The zero-order valence-corrected chi connectivity index (χ0v) is 13.0. The number of nitrogens with zero attached hydrogens (tertiary/aromatic N) is 3. The molecule has 0 atom stereocenters. The number of nitrogens with two attached hydrogens (primary N) is 1. The van der Waals surface area contributed by atoms with Gasteiger partial charge in [-0.2, -0.15) is 4.98 Å². The zero-order chi connectivity index (χ0) is 14.8. The minimum Gasteiger partial charge on any atom is -0.375 e. The molecule has 1 aromatic carbocycles. The summed E-state index contributed by atoms with van der Waals surface area (Å²) in [6.07, 6.45) is 0.952. The van der Waals surface area contributed by atoms with Gasteiger partial charge in [0.05, 0.1) is 12.1 Å². The Hall–Kier alpha value is -1.63. The molecule has 0 fully saturated rings. The van der Waals surface area contributed by atoms with Gasteiger partial charge < -0.3 is 10.3 Å². The van der Waals surface area contributed by atoms with Crippen LogP contribution < -0.4 is 5.73 Å². The fourth-order valence-electron chi connectivity index (χ4n) is 1.83. The highest BCUT2D eigenvalue weighted by molar-refractivity contribution is 7.13. The summed E-state index contributed by atoms with van der Waals surface area (Å²) in [5.74, 6) is 1.07. The van der Waals surface area contributed by atoms with Crippen LogP contribution >= 0.6 is 34.5 Å². The van der Waals surface area contributed by atoms with Crippen LogP contribution in [0, 0.1) is 0 Å². The van der Waals surface area contributed by atoms with Gasteiger partial charge in [-0.25, -0.2) is 4.98 Å². The quantitative estimate of drug-likeness (QED) is 0.784. The molecule has 8 heteroatoms. The number of hydrogen-bond acceptors (Lipinski definition) is 6. The van der Waals surface area contributed by atoms with Crippen molar-refractivity contribution >= 4 is 39.7 Å². The lowest BCUT2D eigenvalue weighted by atomic mass is 10.1. The fourth-order valence-corrected chi connectivity index (χ4v) is 2.87. The van der Waals surface area contributed by atoms with Gasteiger partial charge in [0, 0.05) is 21.8 Å². The maximum atomic E-state index is 6.13. The Balaban J connectivity index is 1.72. The minimum absolute atomic E-state index is 0.467. The lowest BCUT2D eigenvalue weighted by Crippen LogP contribution is -1.94. The van der Waals surface area contributed by atoms with E-state index in [1.807, 2.05) is 11.4 Å². The Bertz CT molecular complexity index is 771. The average Bonchev–Trinajstić information content (AvgIpc) is 3.03. The first kappa shape index (κ1) is 14.3. The first-order chi connectivity index (χ1) is 10.1. The molecular weight excluding hydrogens is 331 g/mol. The Morgan fingerprint density at radius 1 is 1.19 bits per heavy atom. The van der Waals surface area contributed by atoms with Crippen LogP contribution in [0.25, 0.3) is 0 Å². The predicted octanol–water partition coefficient (Wildman–Crippen LogP) is 3.60. The van der Waals surface area contributed by atoms with E-state index in [1.165, 1.54) is 11.3 Å². The zero-order valence-electron chi connectivity index (χ0n) is 10.7. The van der Waals surface area contributed by atoms with Gasteiger partial charge in [0.1, 0.15) is 0 Å². The van der Waals surface area contributed by atoms with Gasteiger partial charge in [0.2, 0.25) is 5.89 Å². The highest BCUT2D eigenvalue weighted by atomic mass is 35.5. The molecule has 108 valence electrons. The van der Waals surface area contributed by atoms with Crippen molar-refractivity contribution in [2.24, 2.45) is 0 Å². The molecule has 0 bridgehead atoms. The largest absolute Gasteiger partial charge is 0.375 e. The van der Waals surface area contributed by atoms with E-state index in [1.54, 1.807) is 12.1 Å². The van der Waals surface area contributed by atoms with E-state index in [9.17, 15) is 0 Å². The summed E-state index contributed by atoms with van der Waals surface area (Å²) in [5, 5.41) is 7.52. The Morgan fingerprint density at radius 2 is 2.05 bits per heavy atom. The predicted molar refractivity (Wildman–Crippen MR) is 82.9 cm³/mol. The first-order valence-corrected chi connectivity index (χ1v) is 7.69. The van der Waals surface area contributed by atoms with Crippen molar-refractivity contribution < 1.29 is 4.52 Å². The van der Waals surface area contributed by atoms with E-state index >= 15 is 0 Å². The van der Waals surface area contributed by atoms with Crippen LogP contribution in [0.2, 0.25) is 10.0 Å². The molecule has 0 saturated carbocycles. The van der Waals surface area contributed by atoms with E-state index < -0.39 is 0 Å². The standard InChI is InChI=1S/C13H10Cl2N4OS/c14-8-2-1-7(10(15)4-8)3-11-18-12(20-19-11)5-9-6-21-13(16)17-9/h1-2,4,6H,3,5H2,(H2,16,17). The summed E-state index contributed by atoms with van der Waals surface area (Å²) >= 11 is 13.4. The number of nitrogen functional groups attached to an aromatic ring is 1. The molecule has 0 unspecified atom stereocenters. The molecule has 0 spiro atoms. The Labute approximate surface area is 134 Å². The van der Waals surface area contributed by atoms with Gasteiger partial charge in [-0.15, -0.1) is 11.3 Å². The second-order valence-corrected chi connectivity index (χ2v) is 6.10. The van der Waals surface area contributed by atoms with Gasteiger partial charge in [-0.05, 0) is 17.7 Å². The molecule has 5 nitrogen and oxygen atoms in total. The highest BCUT2D eigenvalue weighted by Gasteiger charge is 2.11. The smallest absolute Gasteiger partial charge is 0.232 e. The molecule has 2 heterocycles. The monoisotopic (exact) mass is 340 g/mol. The number of rotatable bonds is 4. The van der Waals surface area contributed by atoms with E-state index in [0.29, 0.717) is 39.7 Å². The maximum absolute atomic E-state index is 6.13. The van der Waals surface area contributed by atoms with Crippen molar-refractivity contribution in [2.45, 2.75) is 12.8 Å². The van der Waals surface area contributed by atoms with E-state index in [4.69, 9.17) is 33.5 Å². The number of thiazole rings is 1. The third kappa shape index (κ3) is 3.53. The third-order valence-corrected chi connectivity index (χ3v) is 4.09. The van der Waals surface area contributed by atoms with Crippen molar-refractivity contribution in [3.63, 3.8) is 0 Å². The van der Waals surface area contributed by atoms with Crippen molar-refractivity contribution in [1.82, 2.24) is 15.1 Å². The molecule has 0 aliphatic heterocycles. The maximum Gasteiger partial charge on any atom is 0.232 e. The number of halogens is 2. The highest BCUT2D eigenvalue weighted by Crippen LogP contribution is 2.23. The van der Waals surface area contributed by atoms with Crippen molar-refractivity contribution in [3.8, 4) is 0 Å². The van der Waals surface area contributed by atoms with Crippen LogP contribution in [-0.4, -0.2) is 15.1 Å². The second kappa shape index (κ2) is 6.01. The van der Waals surface area contributed by atoms with Gasteiger partial charge >= 0.3 is 0 Å².